The minimum absolute atomic E-state index is 0.111. The van der Waals surface area contributed by atoms with E-state index in [1.54, 1.807) is 20.8 Å². The number of nitrogens with one attached hydrogen (secondary N) is 1. The summed E-state index contributed by atoms with van der Waals surface area (Å²) in [5.74, 6) is -0.563. The quantitative estimate of drug-likeness (QED) is 0.829. The summed E-state index contributed by atoms with van der Waals surface area (Å²) < 4.78 is 11.1. The molecule has 2 rings (SSSR count). The number of hydrogen-bond donors (Lipinski definition) is 1. The van der Waals surface area contributed by atoms with Gasteiger partial charge in [-0.15, -0.1) is 0 Å². The van der Waals surface area contributed by atoms with Gasteiger partial charge in [0.05, 0.1) is 7.11 Å². The van der Waals surface area contributed by atoms with E-state index in [4.69, 9.17) is 9.47 Å². The maximum Gasteiger partial charge on any atom is 0.408 e. The molecule has 0 unspecified atom stereocenters. The molecule has 6 heteroatoms. The minimum atomic E-state index is -1.04. The average molecular weight is 370 g/mol. The molecule has 0 heterocycles. The zero-order chi connectivity index (χ0) is 16.5. The van der Waals surface area contributed by atoms with Gasteiger partial charge >= 0.3 is 12.1 Å². The number of rotatable bonds is 3. The number of carbonyl (C=O) groups excluding carboxylic acids is 2. The summed E-state index contributed by atoms with van der Waals surface area (Å²) in [7, 11) is 1.32. The van der Waals surface area contributed by atoms with Crippen molar-refractivity contribution in [2.45, 2.75) is 44.2 Å². The van der Waals surface area contributed by atoms with Crippen LogP contribution in [0.15, 0.2) is 28.7 Å². The van der Waals surface area contributed by atoms with Crippen molar-refractivity contribution in [1.29, 1.82) is 0 Å². The number of hydrogen-bond acceptors (Lipinski definition) is 4. The summed E-state index contributed by atoms with van der Waals surface area (Å²) in [5, 5.41) is 2.69. The molecule has 1 aliphatic carbocycles. The highest BCUT2D eigenvalue weighted by Crippen LogP contribution is 2.52. The van der Waals surface area contributed by atoms with Crippen LogP contribution in [0.4, 0.5) is 4.79 Å². The van der Waals surface area contributed by atoms with Crippen LogP contribution < -0.4 is 5.32 Å². The standard InChI is InChI=1S/C16H20BrNO4/c1-15(2,3)22-14(20)18-16(13(19)21-4)9-12(16)10-5-7-11(17)8-6-10/h5-8,12H,9H2,1-4H3,(H,18,20)/t12-,16-/m0/s1. The van der Waals surface area contributed by atoms with Gasteiger partial charge in [0.15, 0.2) is 0 Å². The van der Waals surface area contributed by atoms with Gasteiger partial charge in [0.25, 0.3) is 0 Å². The molecule has 0 radical (unpaired) electrons. The largest absolute Gasteiger partial charge is 0.467 e. The predicted molar refractivity (Wildman–Crippen MR) is 85.6 cm³/mol. The number of methoxy groups -OCH3 is 1. The lowest BCUT2D eigenvalue weighted by Gasteiger charge is -2.23. The second kappa shape index (κ2) is 5.91. The van der Waals surface area contributed by atoms with Crippen LogP contribution in [0, 0.1) is 0 Å². The summed E-state index contributed by atoms with van der Waals surface area (Å²) >= 11 is 3.38. The Balaban J connectivity index is 2.16. The third kappa shape index (κ3) is 3.61. The van der Waals surface area contributed by atoms with E-state index in [0.717, 1.165) is 10.0 Å². The second-order valence-electron chi connectivity index (χ2n) is 6.40. The Bertz CT molecular complexity index is 579. The Hall–Kier alpha value is -1.56. The van der Waals surface area contributed by atoms with Crippen molar-refractivity contribution < 1.29 is 19.1 Å². The molecular weight excluding hydrogens is 350 g/mol. The van der Waals surface area contributed by atoms with E-state index in [9.17, 15) is 9.59 Å². The van der Waals surface area contributed by atoms with Crippen LogP contribution in [-0.2, 0) is 14.3 Å². The van der Waals surface area contributed by atoms with E-state index < -0.39 is 23.2 Å². The van der Waals surface area contributed by atoms with E-state index in [1.807, 2.05) is 24.3 Å². The van der Waals surface area contributed by atoms with Crippen molar-refractivity contribution in [2.24, 2.45) is 0 Å². The number of carbonyl (C=O) groups is 2. The summed E-state index contributed by atoms with van der Waals surface area (Å²) in [6.07, 6.45) is -0.113. The van der Waals surface area contributed by atoms with E-state index in [1.165, 1.54) is 7.11 Å². The lowest BCUT2D eigenvalue weighted by Crippen LogP contribution is -2.47. The third-order valence-electron chi connectivity index (χ3n) is 3.51. The fraction of sp³-hybridized carbons (Fsp3) is 0.500. The van der Waals surface area contributed by atoms with Gasteiger partial charge in [-0.1, -0.05) is 28.1 Å². The van der Waals surface area contributed by atoms with Crippen LogP contribution >= 0.6 is 15.9 Å². The molecule has 22 heavy (non-hydrogen) atoms. The summed E-state index contributed by atoms with van der Waals surface area (Å²) in [6, 6.07) is 7.67. The Kier molecular flexibility index (Phi) is 4.52. The van der Waals surface area contributed by atoms with Crippen LogP contribution in [0.1, 0.15) is 38.7 Å². The lowest BCUT2D eigenvalue weighted by atomic mass is 10.1. The zero-order valence-electron chi connectivity index (χ0n) is 13.1. The fourth-order valence-electron chi connectivity index (χ4n) is 2.44. The molecule has 1 aliphatic rings. The van der Waals surface area contributed by atoms with Crippen LogP contribution in [0.2, 0.25) is 0 Å². The normalized spacial score (nSPS) is 23.6. The second-order valence-corrected chi connectivity index (χ2v) is 7.31. The smallest absolute Gasteiger partial charge is 0.408 e. The number of halogens is 1. The number of benzene rings is 1. The molecule has 0 aromatic heterocycles. The zero-order valence-corrected chi connectivity index (χ0v) is 14.7. The monoisotopic (exact) mass is 369 g/mol. The van der Waals surface area contributed by atoms with Crippen molar-refractivity contribution in [3.63, 3.8) is 0 Å². The third-order valence-corrected chi connectivity index (χ3v) is 4.04. The summed E-state index contributed by atoms with van der Waals surface area (Å²) in [4.78, 5) is 24.2. The highest BCUT2D eigenvalue weighted by molar-refractivity contribution is 9.10. The van der Waals surface area contributed by atoms with Gasteiger partial charge in [-0.25, -0.2) is 9.59 Å². The Morgan fingerprint density at radius 3 is 2.36 bits per heavy atom. The number of alkyl carbamates (subject to hydrolysis) is 1. The Morgan fingerprint density at radius 2 is 1.86 bits per heavy atom. The maximum atomic E-state index is 12.1. The van der Waals surface area contributed by atoms with Gasteiger partial charge in [-0.05, 0) is 44.9 Å². The first-order valence-corrected chi connectivity index (χ1v) is 7.82. The molecule has 1 fully saturated rings. The van der Waals surface area contributed by atoms with E-state index >= 15 is 0 Å². The first kappa shape index (κ1) is 16.8. The number of ether oxygens (including phenoxy) is 2. The number of amides is 1. The SMILES string of the molecule is COC(=O)[C@]1(NC(=O)OC(C)(C)C)C[C@H]1c1ccc(Br)cc1. The molecule has 120 valence electrons. The molecule has 0 aliphatic heterocycles. The molecule has 1 aromatic rings. The molecular formula is C16H20BrNO4. The fourth-order valence-corrected chi connectivity index (χ4v) is 2.71. The Morgan fingerprint density at radius 1 is 1.27 bits per heavy atom. The minimum Gasteiger partial charge on any atom is -0.467 e. The molecule has 5 nitrogen and oxygen atoms in total. The first-order valence-electron chi connectivity index (χ1n) is 7.03. The van der Waals surface area contributed by atoms with Gasteiger partial charge in [0.1, 0.15) is 11.1 Å². The van der Waals surface area contributed by atoms with Gasteiger partial charge < -0.3 is 14.8 Å². The lowest BCUT2D eigenvalue weighted by molar-refractivity contribution is -0.144. The average Bonchev–Trinajstić information content (AvgIpc) is 3.11. The Labute approximate surface area is 138 Å². The van der Waals surface area contributed by atoms with Crippen LogP contribution in [0.5, 0.6) is 0 Å². The molecule has 1 amide bonds. The van der Waals surface area contributed by atoms with Gasteiger partial charge in [-0.3, -0.25) is 0 Å². The molecule has 2 atom stereocenters. The topological polar surface area (TPSA) is 64.6 Å². The predicted octanol–water partition coefficient (Wildman–Crippen LogP) is 3.37. The first-order chi connectivity index (χ1) is 10.2. The molecule has 0 saturated heterocycles. The van der Waals surface area contributed by atoms with Crippen molar-refractivity contribution >= 4 is 28.0 Å². The van der Waals surface area contributed by atoms with Crippen molar-refractivity contribution in [2.75, 3.05) is 7.11 Å². The van der Waals surface area contributed by atoms with Crippen LogP contribution in [0.25, 0.3) is 0 Å². The molecule has 1 saturated carbocycles. The molecule has 1 N–H and O–H groups in total. The van der Waals surface area contributed by atoms with E-state index in [0.29, 0.717) is 6.42 Å². The van der Waals surface area contributed by atoms with Gasteiger partial charge in [-0.2, -0.15) is 0 Å². The molecule has 0 spiro atoms. The molecule has 0 bridgehead atoms. The maximum absolute atomic E-state index is 12.1. The van der Waals surface area contributed by atoms with Gasteiger partial charge in [0.2, 0.25) is 0 Å². The summed E-state index contributed by atoms with van der Waals surface area (Å²) in [5.41, 5.74) is -0.682. The van der Waals surface area contributed by atoms with Crippen molar-refractivity contribution in [3.05, 3.63) is 34.3 Å². The van der Waals surface area contributed by atoms with Crippen LogP contribution in [-0.4, -0.2) is 30.3 Å². The van der Waals surface area contributed by atoms with E-state index in [2.05, 4.69) is 21.2 Å². The summed E-state index contributed by atoms with van der Waals surface area (Å²) in [6.45, 7) is 5.32. The van der Waals surface area contributed by atoms with Gasteiger partial charge in [0, 0.05) is 10.4 Å². The van der Waals surface area contributed by atoms with Crippen molar-refractivity contribution in [1.82, 2.24) is 5.32 Å². The highest BCUT2D eigenvalue weighted by Gasteiger charge is 2.63. The highest BCUT2D eigenvalue weighted by atomic mass is 79.9. The van der Waals surface area contributed by atoms with Crippen molar-refractivity contribution in [3.8, 4) is 0 Å². The van der Waals surface area contributed by atoms with Crippen LogP contribution in [0.3, 0.4) is 0 Å². The molecule has 1 aromatic carbocycles. The number of esters is 1. The van der Waals surface area contributed by atoms with E-state index in [-0.39, 0.29) is 5.92 Å².